The van der Waals surface area contributed by atoms with Crippen LogP contribution >= 0.6 is 0 Å². The van der Waals surface area contributed by atoms with E-state index in [-0.39, 0.29) is 12.6 Å². The summed E-state index contributed by atoms with van der Waals surface area (Å²) >= 11 is 0. The Morgan fingerprint density at radius 1 is 1.12 bits per heavy atom. The highest BCUT2D eigenvalue weighted by atomic mass is 16.3. The third-order valence-corrected chi connectivity index (χ3v) is 3.38. The van der Waals surface area contributed by atoms with Gasteiger partial charge in [-0.15, -0.1) is 0 Å². The second-order valence-corrected chi connectivity index (χ2v) is 5.29. The molecule has 0 amide bonds. The van der Waals surface area contributed by atoms with E-state index < -0.39 is 0 Å². The monoisotopic (exact) mass is 235 g/mol. The first kappa shape index (κ1) is 14.2. The minimum absolute atomic E-state index is 0.176. The van der Waals surface area contributed by atoms with E-state index in [1.54, 1.807) is 0 Å². The molecule has 0 aromatic heterocycles. The van der Waals surface area contributed by atoms with Crippen molar-refractivity contribution in [3.05, 3.63) is 34.4 Å². The molecule has 0 heterocycles. The Balaban J connectivity index is 2.75. The fourth-order valence-corrected chi connectivity index (χ4v) is 2.23. The molecule has 0 spiro atoms. The summed E-state index contributed by atoms with van der Waals surface area (Å²) in [6, 6.07) is 4.61. The van der Waals surface area contributed by atoms with Crippen LogP contribution in [-0.4, -0.2) is 17.8 Å². The number of aryl methyl sites for hydroxylation is 3. The van der Waals surface area contributed by atoms with Gasteiger partial charge in [0.1, 0.15) is 0 Å². The Hall–Kier alpha value is -0.860. The van der Waals surface area contributed by atoms with E-state index in [1.165, 1.54) is 22.3 Å². The molecule has 1 rings (SSSR count). The average Bonchev–Trinajstić information content (AvgIpc) is 2.21. The molecule has 1 atom stereocenters. The normalized spacial score (nSPS) is 13.1. The number of hydrogen-bond donors (Lipinski definition) is 2. The summed E-state index contributed by atoms with van der Waals surface area (Å²) in [6.45, 7) is 11.7. The zero-order valence-corrected chi connectivity index (χ0v) is 11.7. The first-order valence-corrected chi connectivity index (χ1v) is 6.36. The molecule has 17 heavy (non-hydrogen) atoms. The molecule has 0 aliphatic heterocycles. The molecule has 2 nitrogen and oxygen atoms in total. The van der Waals surface area contributed by atoms with Gasteiger partial charge in [0.25, 0.3) is 0 Å². The molecule has 0 fully saturated rings. The molecule has 0 saturated carbocycles. The molecule has 0 aliphatic carbocycles. The standard InChI is InChI=1S/C15H25NO/c1-10(2)15(9-17)16-8-14-12(4)6-11(3)7-13(14)5/h6-7,10,15-17H,8-9H2,1-5H3/t15-/m1/s1. The highest BCUT2D eigenvalue weighted by Crippen LogP contribution is 2.16. The lowest BCUT2D eigenvalue weighted by molar-refractivity contribution is 0.210. The number of aliphatic hydroxyl groups is 1. The van der Waals surface area contributed by atoms with Gasteiger partial charge in [-0.2, -0.15) is 0 Å². The Morgan fingerprint density at radius 2 is 1.65 bits per heavy atom. The van der Waals surface area contributed by atoms with Gasteiger partial charge < -0.3 is 10.4 Å². The van der Waals surface area contributed by atoms with E-state index in [2.05, 4.69) is 52.1 Å². The summed E-state index contributed by atoms with van der Waals surface area (Å²) in [5, 5.41) is 12.7. The fourth-order valence-electron chi connectivity index (χ4n) is 2.23. The van der Waals surface area contributed by atoms with Gasteiger partial charge in [-0.05, 0) is 43.4 Å². The van der Waals surface area contributed by atoms with Crippen molar-refractivity contribution >= 4 is 0 Å². The fraction of sp³-hybridized carbons (Fsp3) is 0.600. The van der Waals surface area contributed by atoms with E-state index >= 15 is 0 Å². The molecule has 96 valence electrons. The van der Waals surface area contributed by atoms with Gasteiger partial charge in [-0.25, -0.2) is 0 Å². The smallest absolute Gasteiger partial charge is 0.0587 e. The van der Waals surface area contributed by atoms with Crippen LogP contribution in [0.4, 0.5) is 0 Å². The first-order chi connectivity index (χ1) is 7.95. The molecular weight excluding hydrogens is 210 g/mol. The molecule has 2 N–H and O–H groups in total. The number of hydrogen-bond acceptors (Lipinski definition) is 2. The van der Waals surface area contributed by atoms with Gasteiger partial charge in [0.05, 0.1) is 6.61 Å². The van der Waals surface area contributed by atoms with Crippen molar-refractivity contribution in [3.8, 4) is 0 Å². The zero-order chi connectivity index (χ0) is 13.0. The number of benzene rings is 1. The van der Waals surface area contributed by atoms with Crippen LogP contribution < -0.4 is 5.32 Å². The first-order valence-electron chi connectivity index (χ1n) is 6.36. The minimum atomic E-state index is 0.176. The largest absolute Gasteiger partial charge is 0.395 e. The summed E-state index contributed by atoms with van der Waals surface area (Å²) in [7, 11) is 0. The quantitative estimate of drug-likeness (QED) is 0.822. The van der Waals surface area contributed by atoms with E-state index in [4.69, 9.17) is 0 Å². The summed E-state index contributed by atoms with van der Waals surface area (Å²) in [5.74, 6) is 0.450. The predicted molar refractivity (Wildman–Crippen MR) is 73.2 cm³/mol. The minimum Gasteiger partial charge on any atom is -0.395 e. The Morgan fingerprint density at radius 3 is 2.06 bits per heavy atom. The highest BCUT2D eigenvalue weighted by Gasteiger charge is 2.12. The van der Waals surface area contributed by atoms with E-state index in [0.717, 1.165) is 6.54 Å². The average molecular weight is 235 g/mol. The molecular formula is C15H25NO. The Kier molecular flexibility index (Phi) is 5.16. The van der Waals surface area contributed by atoms with Crippen LogP contribution in [0.2, 0.25) is 0 Å². The van der Waals surface area contributed by atoms with Crippen molar-refractivity contribution in [3.63, 3.8) is 0 Å². The SMILES string of the molecule is Cc1cc(C)c(CN[C@H](CO)C(C)C)c(C)c1. The summed E-state index contributed by atoms with van der Waals surface area (Å²) in [6.07, 6.45) is 0. The van der Waals surface area contributed by atoms with E-state index in [0.29, 0.717) is 5.92 Å². The maximum atomic E-state index is 9.29. The van der Waals surface area contributed by atoms with Crippen LogP contribution in [0.3, 0.4) is 0 Å². The van der Waals surface area contributed by atoms with Crippen LogP contribution in [0.1, 0.15) is 36.1 Å². The Bertz CT molecular complexity index is 348. The van der Waals surface area contributed by atoms with Crippen LogP contribution in [0.25, 0.3) is 0 Å². The van der Waals surface area contributed by atoms with Crippen molar-refractivity contribution < 1.29 is 5.11 Å². The van der Waals surface area contributed by atoms with Crippen molar-refractivity contribution in [2.75, 3.05) is 6.61 Å². The molecule has 1 aromatic rings. The van der Waals surface area contributed by atoms with E-state index in [9.17, 15) is 5.11 Å². The maximum absolute atomic E-state index is 9.29. The van der Waals surface area contributed by atoms with Crippen molar-refractivity contribution in [2.45, 2.75) is 47.2 Å². The summed E-state index contributed by atoms with van der Waals surface area (Å²) in [4.78, 5) is 0. The van der Waals surface area contributed by atoms with Crippen LogP contribution in [0.5, 0.6) is 0 Å². The number of rotatable bonds is 5. The zero-order valence-electron chi connectivity index (χ0n) is 11.7. The molecule has 0 radical (unpaired) electrons. The van der Waals surface area contributed by atoms with Crippen molar-refractivity contribution in [1.82, 2.24) is 5.32 Å². The van der Waals surface area contributed by atoms with Gasteiger partial charge in [0.15, 0.2) is 0 Å². The number of aliphatic hydroxyl groups excluding tert-OH is 1. The Labute approximate surface area is 105 Å². The summed E-state index contributed by atoms with van der Waals surface area (Å²) < 4.78 is 0. The molecule has 0 saturated heterocycles. The third kappa shape index (κ3) is 3.83. The lowest BCUT2D eigenvalue weighted by Crippen LogP contribution is -2.36. The number of nitrogens with one attached hydrogen (secondary N) is 1. The molecule has 0 aliphatic rings. The maximum Gasteiger partial charge on any atom is 0.0587 e. The topological polar surface area (TPSA) is 32.3 Å². The van der Waals surface area contributed by atoms with Crippen molar-refractivity contribution in [1.29, 1.82) is 0 Å². The third-order valence-electron chi connectivity index (χ3n) is 3.38. The molecule has 2 heteroatoms. The van der Waals surface area contributed by atoms with Gasteiger partial charge in [0.2, 0.25) is 0 Å². The molecule has 0 bridgehead atoms. The van der Waals surface area contributed by atoms with Gasteiger partial charge >= 0.3 is 0 Å². The van der Waals surface area contributed by atoms with Gasteiger partial charge in [-0.1, -0.05) is 31.5 Å². The highest BCUT2D eigenvalue weighted by molar-refractivity contribution is 5.37. The van der Waals surface area contributed by atoms with Crippen LogP contribution in [0, 0.1) is 26.7 Å². The van der Waals surface area contributed by atoms with Gasteiger partial charge in [-0.3, -0.25) is 0 Å². The molecule has 1 aromatic carbocycles. The molecule has 0 unspecified atom stereocenters. The lowest BCUT2D eigenvalue weighted by atomic mass is 9.98. The van der Waals surface area contributed by atoms with Crippen LogP contribution in [-0.2, 0) is 6.54 Å². The second-order valence-electron chi connectivity index (χ2n) is 5.29. The van der Waals surface area contributed by atoms with Gasteiger partial charge in [0, 0.05) is 12.6 Å². The predicted octanol–water partition coefficient (Wildman–Crippen LogP) is 2.72. The second kappa shape index (κ2) is 6.18. The lowest BCUT2D eigenvalue weighted by Gasteiger charge is -2.21. The summed E-state index contributed by atoms with van der Waals surface area (Å²) in [5.41, 5.74) is 5.33. The van der Waals surface area contributed by atoms with Crippen LogP contribution in [0.15, 0.2) is 12.1 Å². The van der Waals surface area contributed by atoms with Crippen molar-refractivity contribution in [2.24, 2.45) is 5.92 Å². The van der Waals surface area contributed by atoms with E-state index in [1.807, 2.05) is 0 Å².